The van der Waals surface area contributed by atoms with Crippen LogP contribution in [0.3, 0.4) is 0 Å². The summed E-state index contributed by atoms with van der Waals surface area (Å²) in [6.07, 6.45) is 2.68. The Labute approximate surface area is 89.3 Å². The van der Waals surface area contributed by atoms with Crippen molar-refractivity contribution in [3.8, 4) is 0 Å². The van der Waals surface area contributed by atoms with Gasteiger partial charge < -0.3 is 9.84 Å². The van der Waals surface area contributed by atoms with Crippen LogP contribution < -0.4 is 0 Å². The van der Waals surface area contributed by atoms with Gasteiger partial charge in [-0.3, -0.25) is 0 Å². The smallest absolute Gasteiger partial charge is 0.193 e. The zero-order chi connectivity index (χ0) is 10.0. The lowest BCUT2D eigenvalue weighted by atomic mass is 9.97. The Morgan fingerprint density at radius 2 is 2.07 bits per heavy atom. The molecule has 76 valence electrons. The minimum Gasteiger partial charge on any atom is -0.362 e. The summed E-state index contributed by atoms with van der Waals surface area (Å²) in [4.78, 5) is 0.789. The molecule has 1 aliphatic rings. The highest BCUT2D eigenvalue weighted by atomic mass is 32.1. The van der Waals surface area contributed by atoms with Gasteiger partial charge >= 0.3 is 0 Å². The van der Waals surface area contributed by atoms with Crippen molar-refractivity contribution < 1.29 is 9.84 Å². The lowest BCUT2D eigenvalue weighted by Gasteiger charge is -2.33. The van der Waals surface area contributed by atoms with E-state index in [4.69, 9.17) is 4.74 Å². The van der Waals surface area contributed by atoms with E-state index < -0.39 is 5.79 Å². The highest BCUT2D eigenvalue weighted by molar-refractivity contribution is 7.80. The average Bonchev–Trinajstić information content (AvgIpc) is 2.19. The predicted octanol–water partition coefficient (Wildman–Crippen LogP) is 2.32. The van der Waals surface area contributed by atoms with Gasteiger partial charge in [0.05, 0.1) is 6.61 Å². The van der Waals surface area contributed by atoms with E-state index in [-0.39, 0.29) is 0 Å². The third-order valence-corrected chi connectivity index (χ3v) is 2.97. The molecule has 1 aromatic rings. The quantitative estimate of drug-likeness (QED) is 0.697. The van der Waals surface area contributed by atoms with Crippen molar-refractivity contribution in [1.82, 2.24) is 0 Å². The van der Waals surface area contributed by atoms with Gasteiger partial charge in [0.15, 0.2) is 5.79 Å². The lowest BCUT2D eigenvalue weighted by molar-refractivity contribution is -0.235. The summed E-state index contributed by atoms with van der Waals surface area (Å²) in [6.45, 7) is 0.624. The molecule has 1 aliphatic heterocycles. The Hall–Kier alpha value is -0.510. The predicted molar refractivity (Wildman–Crippen MR) is 57.4 cm³/mol. The van der Waals surface area contributed by atoms with Crippen molar-refractivity contribution in [2.75, 3.05) is 6.61 Å². The maximum Gasteiger partial charge on any atom is 0.193 e. The van der Waals surface area contributed by atoms with Gasteiger partial charge in [0.1, 0.15) is 0 Å². The molecule has 2 nitrogen and oxygen atoms in total. The molecule has 1 unspecified atom stereocenters. The maximum absolute atomic E-state index is 10.3. The average molecular weight is 210 g/mol. The van der Waals surface area contributed by atoms with Gasteiger partial charge in [-0.05, 0) is 18.9 Å². The van der Waals surface area contributed by atoms with Crippen LogP contribution in [-0.2, 0) is 10.5 Å². The molecule has 0 aromatic heterocycles. The molecule has 0 aliphatic carbocycles. The molecular weight excluding hydrogens is 196 g/mol. The van der Waals surface area contributed by atoms with Gasteiger partial charge in [0.25, 0.3) is 0 Å². The maximum atomic E-state index is 10.3. The van der Waals surface area contributed by atoms with E-state index in [1.54, 1.807) is 0 Å². The molecule has 0 spiro atoms. The van der Waals surface area contributed by atoms with Gasteiger partial charge in [0.2, 0.25) is 0 Å². The fourth-order valence-corrected chi connectivity index (χ4v) is 2.13. The van der Waals surface area contributed by atoms with E-state index in [0.717, 1.165) is 23.3 Å². The topological polar surface area (TPSA) is 29.5 Å². The molecule has 0 radical (unpaired) electrons. The van der Waals surface area contributed by atoms with E-state index in [1.165, 1.54) is 0 Å². The second-order valence-corrected chi connectivity index (χ2v) is 4.09. The molecule has 3 heteroatoms. The van der Waals surface area contributed by atoms with Gasteiger partial charge in [-0.15, -0.1) is 12.6 Å². The first kappa shape index (κ1) is 10.0. The number of hydrogen-bond donors (Lipinski definition) is 2. The van der Waals surface area contributed by atoms with E-state index in [9.17, 15) is 5.11 Å². The summed E-state index contributed by atoms with van der Waals surface area (Å²) in [5, 5.41) is 10.3. The summed E-state index contributed by atoms with van der Waals surface area (Å²) < 4.78 is 5.44. The summed E-state index contributed by atoms with van der Waals surface area (Å²) in [6, 6.07) is 7.53. The molecule has 14 heavy (non-hydrogen) atoms. The zero-order valence-electron chi connectivity index (χ0n) is 7.94. The molecule has 0 amide bonds. The number of aliphatic hydroxyl groups is 1. The van der Waals surface area contributed by atoms with Crippen LogP contribution in [0.2, 0.25) is 0 Å². The molecule has 1 atom stereocenters. The normalized spacial score (nSPS) is 27.6. The molecule has 1 saturated heterocycles. The minimum absolute atomic E-state index is 0.624. The van der Waals surface area contributed by atoms with E-state index in [1.807, 2.05) is 24.3 Å². The Morgan fingerprint density at radius 1 is 1.29 bits per heavy atom. The summed E-state index contributed by atoms with van der Waals surface area (Å²) in [5.74, 6) is -1.11. The standard InChI is InChI=1S/C11H14O2S/c12-11(7-3-4-8-13-11)9-5-1-2-6-10(9)14/h1-2,5-6,12,14H,3-4,7-8H2. The SMILES string of the molecule is OC1(c2ccccc2S)CCCCO1. The van der Waals surface area contributed by atoms with Crippen LogP contribution in [0, 0.1) is 0 Å². The first-order valence-electron chi connectivity index (χ1n) is 4.87. The Morgan fingerprint density at radius 3 is 2.71 bits per heavy atom. The minimum atomic E-state index is -1.11. The largest absolute Gasteiger partial charge is 0.362 e. The Kier molecular flexibility index (Phi) is 2.81. The van der Waals surface area contributed by atoms with E-state index >= 15 is 0 Å². The molecule has 0 saturated carbocycles. The first-order valence-corrected chi connectivity index (χ1v) is 5.32. The van der Waals surface area contributed by atoms with Crippen LogP contribution in [0.5, 0.6) is 0 Å². The number of rotatable bonds is 1. The third-order valence-electron chi connectivity index (χ3n) is 2.58. The number of hydrogen-bond acceptors (Lipinski definition) is 3. The Balaban J connectivity index is 2.32. The second kappa shape index (κ2) is 3.93. The molecule has 0 bridgehead atoms. The van der Waals surface area contributed by atoms with Gasteiger partial charge in [-0.1, -0.05) is 18.2 Å². The van der Waals surface area contributed by atoms with Gasteiger partial charge in [-0.2, -0.15) is 0 Å². The molecule has 1 heterocycles. The van der Waals surface area contributed by atoms with Crippen molar-refractivity contribution in [3.63, 3.8) is 0 Å². The Bertz CT molecular complexity index is 319. The van der Waals surface area contributed by atoms with Crippen molar-refractivity contribution in [2.45, 2.75) is 29.9 Å². The highest BCUT2D eigenvalue weighted by Gasteiger charge is 2.33. The number of ether oxygens (including phenoxy) is 1. The summed E-state index contributed by atoms with van der Waals surface area (Å²) in [7, 11) is 0. The number of thiol groups is 1. The molecule has 2 rings (SSSR count). The molecule has 1 aromatic carbocycles. The van der Waals surface area contributed by atoms with Gasteiger partial charge in [-0.25, -0.2) is 0 Å². The van der Waals surface area contributed by atoms with Crippen molar-refractivity contribution >= 4 is 12.6 Å². The lowest BCUT2D eigenvalue weighted by Crippen LogP contribution is -2.33. The summed E-state index contributed by atoms with van der Waals surface area (Å²) >= 11 is 4.32. The highest BCUT2D eigenvalue weighted by Crippen LogP contribution is 2.35. The monoisotopic (exact) mass is 210 g/mol. The van der Waals surface area contributed by atoms with Crippen LogP contribution in [0.15, 0.2) is 29.2 Å². The zero-order valence-corrected chi connectivity index (χ0v) is 8.83. The van der Waals surface area contributed by atoms with Gasteiger partial charge in [0, 0.05) is 16.9 Å². The van der Waals surface area contributed by atoms with Crippen LogP contribution in [0.4, 0.5) is 0 Å². The van der Waals surface area contributed by atoms with E-state index in [2.05, 4.69) is 12.6 Å². The first-order chi connectivity index (χ1) is 6.72. The third kappa shape index (κ3) is 1.80. The van der Waals surface area contributed by atoms with Crippen LogP contribution in [0.25, 0.3) is 0 Å². The van der Waals surface area contributed by atoms with Crippen LogP contribution >= 0.6 is 12.6 Å². The molecular formula is C11H14O2S. The van der Waals surface area contributed by atoms with Crippen LogP contribution in [0.1, 0.15) is 24.8 Å². The second-order valence-electron chi connectivity index (χ2n) is 3.61. The fraction of sp³-hybridized carbons (Fsp3) is 0.455. The van der Waals surface area contributed by atoms with Crippen molar-refractivity contribution in [2.24, 2.45) is 0 Å². The molecule has 1 fully saturated rings. The van der Waals surface area contributed by atoms with Crippen molar-refractivity contribution in [1.29, 1.82) is 0 Å². The van der Waals surface area contributed by atoms with E-state index in [0.29, 0.717) is 13.0 Å². The fourth-order valence-electron chi connectivity index (χ4n) is 1.80. The number of benzene rings is 1. The summed E-state index contributed by atoms with van der Waals surface area (Å²) in [5.41, 5.74) is 0.781. The van der Waals surface area contributed by atoms with Crippen LogP contribution in [-0.4, -0.2) is 11.7 Å². The van der Waals surface area contributed by atoms with Crippen molar-refractivity contribution in [3.05, 3.63) is 29.8 Å². The molecule has 1 N–H and O–H groups in total.